The van der Waals surface area contributed by atoms with Gasteiger partial charge < -0.3 is 4.74 Å². The van der Waals surface area contributed by atoms with E-state index in [1.165, 1.54) is 25.7 Å². The molecule has 1 heterocycles. The monoisotopic (exact) mass is 132 g/mol. The molecule has 2 rings (SSSR count). The van der Waals surface area contributed by atoms with Gasteiger partial charge in [-0.2, -0.15) is 0 Å². The van der Waals surface area contributed by atoms with Crippen molar-refractivity contribution in [3.05, 3.63) is 0 Å². The summed E-state index contributed by atoms with van der Waals surface area (Å²) >= 11 is 0. The standard InChI is InChI=1S/C6H10O.H2O2/c1-2-4-6-5(3-1)7-6;1-2/h5-6H,1-4H2;1-2H. The molecule has 1 saturated carbocycles. The van der Waals surface area contributed by atoms with Crippen molar-refractivity contribution in [3.63, 3.8) is 0 Å². The Labute approximate surface area is 54.2 Å². The second-order valence-corrected chi connectivity index (χ2v) is 2.50. The lowest BCUT2D eigenvalue weighted by Gasteiger charge is -2.00. The maximum Gasteiger partial charge on any atom is 0.0841 e. The Morgan fingerprint density at radius 2 is 1.44 bits per heavy atom. The topological polar surface area (TPSA) is 53.0 Å². The number of hydrogen-bond acceptors (Lipinski definition) is 3. The first-order chi connectivity index (χ1) is 4.47. The van der Waals surface area contributed by atoms with Crippen LogP contribution in [0.25, 0.3) is 0 Å². The van der Waals surface area contributed by atoms with E-state index in [0.29, 0.717) is 12.2 Å². The lowest BCUT2D eigenvalue weighted by Crippen LogP contribution is -2.00. The Hall–Kier alpha value is -0.120. The zero-order valence-corrected chi connectivity index (χ0v) is 5.29. The van der Waals surface area contributed by atoms with Crippen LogP contribution in [0.4, 0.5) is 0 Å². The quantitative estimate of drug-likeness (QED) is 0.297. The van der Waals surface area contributed by atoms with E-state index in [2.05, 4.69) is 0 Å². The molecule has 0 aromatic rings. The highest BCUT2D eigenvalue weighted by Gasteiger charge is 2.39. The summed E-state index contributed by atoms with van der Waals surface area (Å²) in [7, 11) is 0. The highest BCUT2D eigenvalue weighted by Crippen LogP contribution is 2.35. The maximum atomic E-state index is 6.00. The highest BCUT2D eigenvalue weighted by molar-refractivity contribution is 4.87. The third kappa shape index (κ3) is 1.64. The average Bonchev–Trinajstić information content (AvgIpc) is 2.69. The molecule has 54 valence electrons. The molecule has 2 N–H and O–H groups in total. The van der Waals surface area contributed by atoms with Crippen LogP contribution in [0, 0.1) is 0 Å². The third-order valence-corrected chi connectivity index (χ3v) is 1.91. The van der Waals surface area contributed by atoms with Crippen molar-refractivity contribution in [3.8, 4) is 0 Å². The van der Waals surface area contributed by atoms with Crippen molar-refractivity contribution < 1.29 is 15.3 Å². The first-order valence-electron chi connectivity index (χ1n) is 3.32. The van der Waals surface area contributed by atoms with Crippen LogP contribution in [-0.4, -0.2) is 22.7 Å². The number of hydrogen-bond donors (Lipinski definition) is 2. The van der Waals surface area contributed by atoms with E-state index in [1.807, 2.05) is 0 Å². The van der Waals surface area contributed by atoms with Crippen molar-refractivity contribution in [2.75, 3.05) is 0 Å². The fourth-order valence-electron chi connectivity index (χ4n) is 1.38. The molecule has 0 spiro atoms. The molecule has 0 radical (unpaired) electrons. The second kappa shape index (κ2) is 3.15. The van der Waals surface area contributed by atoms with E-state index >= 15 is 0 Å². The zero-order chi connectivity index (χ0) is 6.69. The minimum atomic E-state index is 0.703. The fraction of sp³-hybridized carbons (Fsp3) is 1.00. The zero-order valence-electron chi connectivity index (χ0n) is 5.29. The molecule has 2 unspecified atom stereocenters. The van der Waals surface area contributed by atoms with E-state index in [9.17, 15) is 0 Å². The largest absolute Gasteiger partial charge is 0.370 e. The second-order valence-electron chi connectivity index (χ2n) is 2.50. The maximum absolute atomic E-state index is 6.00. The fourth-order valence-corrected chi connectivity index (χ4v) is 1.38. The smallest absolute Gasteiger partial charge is 0.0841 e. The summed E-state index contributed by atoms with van der Waals surface area (Å²) in [6.07, 6.45) is 6.89. The Morgan fingerprint density at radius 1 is 1.00 bits per heavy atom. The van der Waals surface area contributed by atoms with Gasteiger partial charge in [0, 0.05) is 0 Å². The van der Waals surface area contributed by atoms with Crippen molar-refractivity contribution in [1.29, 1.82) is 0 Å². The Bertz CT molecular complexity index is 74.4. The summed E-state index contributed by atoms with van der Waals surface area (Å²) < 4.78 is 5.28. The minimum absolute atomic E-state index is 0.703. The predicted octanol–water partition coefficient (Wildman–Crippen LogP) is 1.35. The van der Waals surface area contributed by atoms with Gasteiger partial charge in [0.2, 0.25) is 0 Å². The number of ether oxygens (including phenoxy) is 1. The van der Waals surface area contributed by atoms with Gasteiger partial charge in [0.05, 0.1) is 12.2 Å². The molecule has 1 aliphatic heterocycles. The molecular formula is C6H12O3. The van der Waals surface area contributed by atoms with Gasteiger partial charge in [-0.05, 0) is 12.8 Å². The van der Waals surface area contributed by atoms with Gasteiger partial charge >= 0.3 is 0 Å². The van der Waals surface area contributed by atoms with Crippen molar-refractivity contribution in [1.82, 2.24) is 0 Å². The first kappa shape index (κ1) is 6.99. The van der Waals surface area contributed by atoms with Crippen molar-refractivity contribution >= 4 is 0 Å². The first-order valence-corrected chi connectivity index (χ1v) is 3.32. The van der Waals surface area contributed by atoms with Gasteiger partial charge in [0.25, 0.3) is 0 Å². The van der Waals surface area contributed by atoms with Crippen LogP contribution >= 0.6 is 0 Å². The van der Waals surface area contributed by atoms with Crippen LogP contribution < -0.4 is 0 Å². The Balaban J connectivity index is 0.000000186. The molecule has 9 heavy (non-hydrogen) atoms. The van der Waals surface area contributed by atoms with Crippen LogP contribution in [0.15, 0.2) is 0 Å². The molecule has 2 atom stereocenters. The molecule has 2 aliphatic rings. The van der Waals surface area contributed by atoms with Crippen LogP contribution in [0.2, 0.25) is 0 Å². The van der Waals surface area contributed by atoms with Gasteiger partial charge in [0.15, 0.2) is 0 Å². The van der Waals surface area contributed by atoms with E-state index < -0.39 is 0 Å². The van der Waals surface area contributed by atoms with Crippen LogP contribution in [0.3, 0.4) is 0 Å². The van der Waals surface area contributed by atoms with E-state index in [1.54, 1.807) is 0 Å². The van der Waals surface area contributed by atoms with Crippen LogP contribution in [-0.2, 0) is 4.74 Å². The van der Waals surface area contributed by atoms with E-state index in [4.69, 9.17) is 15.3 Å². The van der Waals surface area contributed by atoms with Gasteiger partial charge in [-0.25, -0.2) is 0 Å². The molecule has 1 aliphatic carbocycles. The molecule has 0 aromatic heterocycles. The summed E-state index contributed by atoms with van der Waals surface area (Å²) in [4.78, 5) is 0. The normalized spacial score (nSPS) is 38.0. The van der Waals surface area contributed by atoms with Gasteiger partial charge in [-0.15, -0.1) is 0 Å². The molecular weight excluding hydrogens is 120 g/mol. The lowest BCUT2D eigenvalue weighted by molar-refractivity contribution is -0.176. The molecule has 0 aromatic carbocycles. The van der Waals surface area contributed by atoms with E-state index in [0.717, 1.165) is 0 Å². The predicted molar refractivity (Wildman–Crippen MR) is 32.4 cm³/mol. The number of rotatable bonds is 0. The Morgan fingerprint density at radius 3 is 1.78 bits per heavy atom. The molecule has 0 bridgehead atoms. The minimum Gasteiger partial charge on any atom is -0.370 e. The number of epoxide rings is 1. The SMILES string of the molecule is C1CCC2OC2C1.OO. The molecule has 3 nitrogen and oxygen atoms in total. The average molecular weight is 132 g/mol. The van der Waals surface area contributed by atoms with Crippen LogP contribution in [0.1, 0.15) is 25.7 Å². The van der Waals surface area contributed by atoms with Crippen LogP contribution in [0.5, 0.6) is 0 Å². The van der Waals surface area contributed by atoms with Crippen molar-refractivity contribution in [2.24, 2.45) is 0 Å². The molecule has 3 heteroatoms. The van der Waals surface area contributed by atoms with E-state index in [-0.39, 0.29) is 0 Å². The summed E-state index contributed by atoms with van der Waals surface area (Å²) in [5.74, 6) is 0. The summed E-state index contributed by atoms with van der Waals surface area (Å²) in [5, 5.41) is 12.0. The molecule has 2 fully saturated rings. The van der Waals surface area contributed by atoms with Gasteiger partial charge in [0.1, 0.15) is 0 Å². The van der Waals surface area contributed by atoms with Crippen molar-refractivity contribution in [2.45, 2.75) is 37.9 Å². The summed E-state index contributed by atoms with van der Waals surface area (Å²) in [5.41, 5.74) is 0. The van der Waals surface area contributed by atoms with Gasteiger partial charge in [-0.1, -0.05) is 12.8 Å². The molecule has 0 amide bonds. The summed E-state index contributed by atoms with van der Waals surface area (Å²) in [6, 6.07) is 0. The lowest BCUT2D eigenvalue weighted by atomic mass is 10.0. The molecule has 1 saturated heterocycles. The Kier molecular flexibility index (Phi) is 2.45. The van der Waals surface area contributed by atoms with Gasteiger partial charge in [-0.3, -0.25) is 10.5 Å². The number of fused-ring (bicyclic) bond motifs is 1. The third-order valence-electron chi connectivity index (χ3n) is 1.91. The highest BCUT2D eigenvalue weighted by atomic mass is 17.0. The summed E-state index contributed by atoms with van der Waals surface area (Å²) in [6.45, 7) is 0.